The van der Waals surface area contributed by atoms with Gasteiger partial charge in [-0.25, -0.2) is 0 Å². The van der Waals surface area contributed by atoms with Crippen LogP contribution in [0.3, 0.4) is 0 Å². The van der Waals surface area contributed by atoms with E-state index in [0.717, 1.165) is 18.0 Å². The van der Waals surface area contributed by atoms with Gasteiger partial charge in [0.1, 0.15) is 5.75 Å². The van der Waals surface area contributed by atoms with Gasteiger partial charge in [-0.1, -0.05) is 32.4 Å². The molecule has 0 bridgehead atoms. The van der Waals surface area contributed by atoms with E-state index in [1.165, 1.54) is 0 Å². The summed E-state index contributed by atoms with van der Waals surface area (Å²) in [5.74, 6) is 0.739. The van der Waals surface area contributed by atoms with E-state index in [1.807, 2.05) is 32.0 Å². The molecule has 0 aromatic heterocycles. The van der Waals surface area contributed by atoms with Crippen molar-refractivity contribution in [2.24, 2.45) is 5.41 Å². The lowest BCUT2D eigenvalue weighted by Crippen LogP contribution is -2.18. The highest BCUT2D eigenvalue weighted by Gasteiger charge is 2.10. The summed E-state index contributed by atoms with van der Waals surface area (Å²) in [5, 5.41) is 4.02. The van der Waals surface area contributed by atoms with Crippen LogP contribution in [0.1, 0.15) is 34.6 Å². The van der Waals surface area contributed by atoms with Gasteiger partial charge in [0, 0.05) is 12.2 Å². The molecular formula is C14H22ClNO. The highest BCUT2D eigenvalue weighted by atomic mass is 35.5. The predicted octanol–water partition coefficient (Wildman–Crippen LogP) is 4.59. The SMILES string of the molecule is CC(C)Oc1ccc(NCC(C)(C)C)cc1Cl. The average Bonchev–Trinajstić information content (AvgIpc) is 2.17. The topological polar surface area (TPSA) is 21.3 Å². The Balaban J connectivity index is 2.68. The van der Waals surface area contributed by atoms with Gasteiger partial charge in [0.2, 0.25) is 0 Å². The zero-order valence-electron chi connectivity index (χ0n) is 11.3. The van der Waals surface area contributed by atoms with Gasteiger partial charge < -0.3 is 10.1 Å². The molecule has 2 nitrogen and oxygen atoms in total. The van der Waals surface area contributed by atoms with E-state index in [9.17, 15) is 0 Å². The van der Waals surface area contributed by atoms with Crippen LogP contribution in [-0.4, -0.2) is 12.6 Å². The molecule has 0 atom stereocenters. The summed E-state index contributed by atoms with van der Waals surface area (Å²) in [7, 11) is 0. The van der Waals surface area contributed by atoms with E-state index >= 15 is 0 Å². The Hall–Kier alpha value is -0.890. The molecule has 0 aliphatic heterocycles. The Kier molecular flexibility index (Phi) is 4.70. The van der Waals surface area contributed by atoms with Crippen LogP contribution < -0.4 is 10.1 Å². The zero-order chi connectivity index (χ0) is 13.1. The number of ether oxygens (including phenoxy) is 1. The van der Waals surface area contributed by atoms with Crippen LogP contribution in [0, 0.1) is 5.41 Å². The zero-order valence-corrected chi connectivity index (χ0v) is 12.1. The quantitative estimate of drug-likeness (QED) is 0.850. The van der Waals surface area contributed by atoms with Crippen molar-refractivity contribution in [1.82, 2.24) is 0 Å². The fraction of sp³-hybridized carbons (Fsp3) is 0.571. The van der Waals surface area contributed by atoms with Crippen LogP contribution in [0.5, 0.6) is 5.75 Å². The van der Waals surface area contributed by atoms with Gasteiger partial charge in [-0.05, 0) is 37.5 Å². The largest absolute Gasteiger partial charge is 0.489 e. The summed E-state index contributed by atoms with van der Waals surface area (Å²) < 4.78 is 5.59. The van der Waals surface area contributed by atoms with Gasteiger partial charge >= 0.3 is 0 Å². The maximum Gasteiger partial charge on any atom is 0.138 e. The number of benzene rings is 1. The Morgan fingerprint density at radius 1 is 1.29 bits per heavy atom. The third-order valence-corrected chi connectivity index (χ3v) is 2.41. The van der Waals surface area contributed by atoms with Gasteiger partial charge in [-0.15, -0.1) is 0 Å². The fourth-order valence-electron chi connectivity index (χ4n) is 1.33. The summed E-state index contributed by atoms with van der Waals surface area (Å²) in [6, 6.07) is 5.81. The van der Waals surface area contributed by atoms with Crippen molar-refractivity contribution in [2.75, 3.05) is 11.9 Å². The van der Waals surface area contributed by atoms with E-state index in [-0.39, 0.29) is 11.5 Å². The molecule has 1 rings (SSSR count). The van der Waals surface area contributed by atoms with Crippen LogP contribution >= 0.6 is 11.6 Å². The first kappa shape index (κ1) is 14.2. The standard InChI is InChI=1S/C14H22ClNO/c1-10(2)17-13-7-6-11(8-12(13)15)16-9-14(3,4)5/h6-8,10,16H,9H2,1-5H3. The first-order chi connectivity index (χ1) is 7.78. The number of hydrogen-bond acceptors (Lipinski definition) is 2. The lowest BCUT2D eigenvalue weighted by molar-refractivity contribution is 0.242. The van der Waals surface area contributed by atoms with Gasteiger partial charge in [0.05, 0.1) is 11.1 Å². The Morgan fingerprint density at radius 3 is 2.41 bits per heavy atom. The van der Waals surface area contributed by atoms with E-state index in [1.54, 1.807) is 0 Å². The first-order valence-electron chi connectivity index (χ1n) is 5.98. The molecule has 0 heterocycles. The van der Waals surface area contributed by atoms with Crippen molar-refractivity contribution in [3.05, 3.63) is 23.2 Å². The Labute approximate surface area is 109 Å². The third kappa shape index (κ3) is 5.31. The number of hydrogen-bond donors (Lipinski definition) is 1. The molecule has 17 heavy (non-hydrogen) atoms. The highest BCUT2D eigenvalue weighted by Crippen LogP contribution is 2.29. The van der Waals surface area contributed by atoms with Gasteiger partial charge in [0.15, 0.2) is 0 Å². The van der Waals surface area contributed by atoms with Crippen LogP contribution in [0.15, 0.2) is 18.2 Å². The molecule has 1 aromatic rings. The molecule has 0 saturated heterocycles. The van der Waals surface area contributed by atoms with Crippen molar-refractivity contribution in [3.8, 4) is 5.75 Å². The van der Waals surface area contributed by atoms with Crippen LogP contribution in [-0.2, 0) is 0 Å². The second kappa shape index (κ2) is 5.63. The molecule has 0 aliphatic rings. The molecule has 1 N–H and O–H groups in total. The van der Waals surface area contributed by atoms with E-state index < -0.39 is 0 Å². The van der Waals surface area contributed by atoms with Crippen molar-refractivity contribution < 1.29 is 4.74 Å². The molecule has 0 fully saturated rings. The highest BCUT2D eigenvalue weighted by molar-refractivity contribution is 6.32. The summed E-state index contributed by atoms with van der Waals surface area (Å²) in [4.78, 5) is 0. The van der Waals surface area contributed by atoms with Crippen molar-refractivity contribution in [3.63, 3.8) is 0 Å². The number of anilines is 1. The fourth-order valence-corrected chi connectivity index (χ4v) is 1.55. The lowest BCUT2D eigenvalue weighted by atomic mass is 9.97. The molecule has 0 spiro atoms. The lowest BCUT2D eigenvalue weighted by Gasteiger charge is -2.20. The van der Waals surface area contributed by atoms with E-state index in [0.29, 0.717) is 5.02 Å². The first-order valence-corrected chi connectivity index (χ1v) is 6.36. The van der Waals surface area contributed by atoms with Crippen molar-refractivity contribution >= 4 is 17.3 Å². The normalized spacial score (nSPS) is 11.7. The Bertz CT molecular complexity index is 369. The molecule has 0 saturated carbocycles. The molecular weight excluding hydrogens is 234 g/mol. The van der Waals surface area contributed by atoms with Crippen LogP contribution in [0.4, 0.5) is 5.69 Å². The molecule has 96 valence electrons. The number of halogens is 1. The molecule has 1 aromatic carbocycles. The summed E-state index contributed by atoms with van der Waals surface area (Å²) >= 11 is 6.16. The van der Waals surface area contributed by atoms with Crippen LogP contribution in [0.2, 0.25) is 5.02 Å². The summed E-state index contributed by atoms with van der Waals surface area (Å²) in [6.07, 6.45) is 0.140. The second-order valence-electron chi connectivity index (χ2n) is 5.73. The average molecular weight is 256 g/mol. The summed E-state index contributed by atoms with van der Waals surface area (Å²) in [5.41, 5.74) is 1.28. The van der Waals surface area contributed by atoms with Crippen molar-refractivity contribution in [1.29, 1.82) is 0 Å². The Morgan fingerprint density at radius 2 is 1.94 bits per heavy atom. The van der Waals surface area contributed by atoms with E-state index in [2.05, 4.69) is 26.1 Å². The molecule has 0 amide bonds. The van der Waals surface area contributed by atoms with Crippen molar-refractivity contribution in [2.45, 2.75) is 40.7 Å². The molecule has 0 aliphatic carbocycles. The minimum atomic E-state index is 0.140. The minimum Gasteiger partial charge on any atom is -0.489 e. The molecule has 0 radical (unpaired) electrons. The summed E-state index contributed by atoms with van der Waals surface area (Å²) in [6.45, 7) is 11.5. The predicted molar refractivity (Wildman–Crippen MR) is 75.2 cm³/mol. The maximum atomic E-state index is 6.16. The van der Waals surface area contributed by atoms with Crippen LogP contribution in [0.25, 0.3) is 0 Å². The number of rotatable bonds is 4. The monoisotopic (exact) mass is 255 g/mol. The molecule has 0 unspecified atom stereocenters. The van der Waals surface area contributed by atoms with Gasteiger partial charge in [-0.2, -0.15) is 0 Å². The maximum absolute atomic E-state index is 6.16. The van der Waals surface area contributed by atoms with Gasteiger partial charge in [-0.3, -0.25) is 0 Å². The van der Waals surface area contributed by atoms with Gasteiger partial charge in [0.25, 0.3) is 0 Å². The van der Waals surface area contributed by atoms with E-state index in [4.69, 9.17) is 16.3 Å². The smallest absolute Gasteiger partial charge is 0.138 e. The minimum absolute atomic E-state index is 0.140. The second-order valence-corrected chi connectivity index (χ2v) is 6.13. The third-order valence-electron chi connectivity index (χ3n) is 2.12. The number of nitrogens with one attached hydrogen (secondary N) is 1. The molecule has 3 heteroatoms.